The number of hydrogen-bond donors (Lipinski definition) is 0. The fourth-order valence-electron chi connectivity index (χ4n) is 4.38. The summed E-state index contributed by atoms with van der Waals surface area (Å²) in [5, 5.41) is 0. The van der Waals surface area contributed by atoms with E-state index in [-0.39, 0.29) is 23.9 Å². The molecule has 0 N–H and O–H groups in total. The molecular formula is C29H31NO3. The normalized spacial score (nSPS) is 15.1. The number of nitrogens with zero attached hydrogens (tertiary/aromatic N) is 1. The number of likely N-dealkylation sites (tertiary alicyclic amines) is 1. The summed E-state index contributed by atoms with van der Waals surface area (Å²) >= 11 is 0. The highest BCUT2D eigenvalue weighted by atomic mass is 16.5. The third kappa shape index (κ3) is 6.55. The Balaban J connectivity index is 1.30. The largest absolute Gasteiger partial charge is 0.457 e. The highest BCUT2D eigenvalue weighted by molar-refractivity contribution is 5.77. The Hall–Kier alpha value is -3.40. The summed E-state index contributed by atoms with van der Waals surface area (Å²) in [6, 6.07) is 30.1. The lowest BCUT2D eigenvalue weighted by Gasteiger charge is -2.32. The van der Waals surface area contributed by atoms with Crippen LogP contribution in [0.1, 0.15) is 42.1 Å². The number of amides is 1. The minimum Gasteiger partial charge on any atom is -0.457 e. The van der Waals surface area contributed by atoms with Gasteiger partial charge in [-0.05, 0) is 36.0 Å². The van der Waals surface area contributed by atoms with Gasteiger partial charge < -0.3 is 9.64 Å². The molecule has 33 heavy (non-hydrogen) atoms. The molecule has 0 aromatic heterocycles. The van der Waals surface area contributed by atoms with Gasteiger partial charge in [-0.1, -0.05) is 91.0 Å². The average Bonchev–Trinajstić information content (AvgIpc) is 2.88. The molecule has 1 amide bonds. The van der Waals surface area contributed by atoms with Gasteiger partial charge in [0.15, 0.2) is 0 Å². The van der Waals surface area contributed by atoms with Crippen LogP contribution < -0.4 is 0 Å². The highest BCUT2D eigenvalue weighted by Crippen LogP contribution is 2.27. The maximum atomic E-state index is 13.0. The topological polar surface area (TPSA) is 46.6 Å². The Morgan fingerprint density at radius 1 is 0.788 bits per heavy atom. The van der Waals surface area contributed by atoms with Crippen molar-refractivity contribution in [2.45, 2.75) is 38.2 Å². The summed E-state index contributed by atoms with van der Waals surface area (Å²) in [5.41, 5.74) is 3.32. The Bertz CT molecular complexity index is 1010. The molecule has 0 spiro atoms. The van der Waals surface area contributed by atoms with E-state index >= 15 is 0 Å². The number of piperidine rings is 1. The van der Waals surface area contributed by atoms with Gasteiger partial charge in [0.25, 0.3) is 0 Å². The van der Waals surface area contributed by atoms with Gasteiger partial charge >= 0.3 is 5.97 Å². The first-order valence-corrected chi connectivity index (χ1v) is 11.8. The molecule has 0 radical (unpaired) electrons. The molecule has 4 heteroatoms. The first kappa shape index (κ1) is 22.8. The lowest BCUT2D eigenvalue weighted by molar-refractivity contribution is -0.157. The second-order valence-corrected chi connectivity index (χ2v) is 8.67. The molecule has 4 nitrogen and oxygen atoms in total. The van der Waals surface area contributed by atoms with Crippen LogP contribution >= 0.6 is 0 Å². The number of esters is 1. The summed E-state index contributed by atoms with van der Waals surface area (Å²) in [6.07, 6.45) is 2.90. The van der Waals surface area contributed by atoms with Gasteiger partial charge in [0.2, 0.25) is 5.91 Å². The Morgan fingerprint density at radius 2 is 1.33 bits per heavy atom. The van der Waals surface area contributed by atoms with E-state index in [0.29, 0.717) is 38.8 Å². The van der Waals surface area contributed by atoms with Crippen molar-refractivity contribution in [2.24, 2.45) is 5.92 Å². The standard InChI is InChI=1S/C29H31NO3/c31-28(17-16-23-10-4-1-5-11-23)30-20-18-26(19-21-30)29(32)33-27(25-14-8-3-9-15-25)22-24-12-6-2-7-13-24/h1-15,26-27H,16-22H2. The van der Waals surface area contributed by atoms with Crippen molar-refractivity contribution >= 4 is 11.9 Å². The van der Waals surface area contributed by atoms with E-state index in [2.05, 4.69) is 12.1 Å². The first-order chi connectivity index (χ1) is 16.2. The summed E-state index contributed by atoms with van der Waals surface area (Å²) < 4.78 is 6.04. The molecule has 0 aliphatic carbocycles. The Labute approximate surface area is 196 Å². The number of rotatable bonds is 8. The quantitative estimate of drug-likeness (QED) is 0.441. The number of aryl methyl sites for hydroxylation is 1. The third-order valence-electron chi connectivity index (χ3n) is 6.35. The molecule has 1 aliphatic heterocycles. The van der Waals surface area contributed by atoms with Crippen LogP contribution in [0.5, 0.6) is 0 Å². The molecule has 3 aromatic rings. The fraction of sp³-hybridized carbons (Fsp3) is 0.310. The van der Waals surface area contributed by atoms with Gasteiger partial charge in [0.05, 0.1) is 5.92 Å². The molecule has 0 saturated carbocycles. The van der Waals surface area contributed by atoms with Crippen molar-refractivity contribution in [1.29, 1.82) is 0 Å². The first-order valence-electron chi connectivity index (χ1n) is 11.8. The molecule has 1 heterocycles. The second kappa shape index (κ2) is 11.5. The number of carbonyl (C=O) groups is 2. The zero-order chi connectivity index (χ0) is 22.9. The lowest BCUT2D eigenvalue weighted by Crippen LogP contribution is -2.41. The average molecular weight is 442 g/mol. The molecule has 0 bridgehead atoms. The van der Waals surface area contributed by atoms with Crippen LogP contribution in [0.15, 0.2) is 91.0 Å². The smallest absolute Gasteiger partial charge is 0.309 e. The van der Waals surface area contributed by atoms with Crippen LogP contribution in [0.3, 0.4) is 0 Å². The lowest BCUT2D eigenvalue weighted by atomic mass is 9.95. The zero-order valence-electron chi connectivity index (χ0n) is 18.9. The zero-order valence-corrected chi connectivity index (χ0v) is 18.9. The fourth-order valence-corrected chi connectivity index (χ4v) is 4.38. The molecule has 4 rings (SSSR count). The van der Waals surface area contributed by atoms with Crippen molar-refractivity contribution in [3.8, 4) is 0 Å². The van der Waals surface area contributed by atoms with Gasteiger partial charge in [-0.3, -0.25) is 9.59 Å². The van der Waals surface area contributed by atoms with Gasteiger partial charge in [0, 0.05) is 25.9 Å². The van der Waals surface area contributed by atoms with Gasteiger partial charge in [0.1, 0.15) is 6.10 Å². The summed E-state index contributed by atoms with van der Waals surface area (Å²) in [7, 11) is 0. The van der Waals surface area contributed by atoms with Crippen LogP contribution in [0, 0.1) is 5.92 Å². The molecule has 3 aromatic carbocycles. The molecule has 1 saturated heterocycles. The van der Waals surface area contributed by atoms with Crippen LogP contribution in [0.25, 0.3) is 0 Å². The molecule has 1 atom stereocenters. The van der Waals surface area contributed by atoms with Crippen LogP contribution in [-0.4, -0.2) is 29.9 Å². The highest BCUT2D eigenvalue weighted by Gasteiger charge is 2.30. The van der Waals surface area contributed by atoms with E-state index in [1.54, 1.807) is 0 Å². The molecule has 170 valence electrons. The summed E-state index contributed by atoms with van der Waals surface area (Å²) in [5.74, 6) is -0.154. The Kier molecular flexibility index (Phi) is 7.91. The van der Waals surface area contributed by atoms with Gasteiger partial charge in [-0.15, -0.1) is 0 Å². The number of hydrogen-bond acceptors (Lipinski definition) is 3. The van der Waals surface area contributed by atoms with E-state index in [9.17, 15) is 9.59 Å². The minimum absolute atomic E-state index is 0.156. The number of carbonyl (C=O) groups excluding carboxylic acids is 2. The summed E-state index contributed by atoms with van der Waals surface area (Å²) in [4.78, 5) is 27.6. The Morgan fingerprint density at radius 3 is 1.94 bits per heavy atom. The van der Waals surface area contributed by atoms with E-state index in [4.69, 9.17) is 4.74 Å². The molecule has 1 aliphatic rings. The van der Waals surface area contributed by atoms with E-state index in [1.165, 1.54) is 5.56 Å². The van der Waals surface area contributed by atoms with Crippen molar-refractivity contribution in [3.63, 3.8) is 0 Å². The van der Waals surface area contributed by atoms with Crippen molar-refractivity contribution in [3.05, 3.63) is 108 Å². The van der Waals surface area contributed by atoms with Gasteiger partial charge in [-0.25, -0.2) is 0 Å². The van der Waals surface area contributed by atoms with E-state index in [1.807, 2.05) is 83.8 Å². The minimum atomic E-state index is -0.313. The maximum Gasteiger partial charge on any atom is 0.309 e. The SMILES string of the molecule is O=C(OC(Cc1ccccc1)c1ccccc1)C1CCN(C(=O)CCc2ccccc2)CC1. The molecule has 1 unspecified atom stereocenters. The monoisotopic (exact) mass is 441 g/mol. The van der Waals surface area contributed by atoms with E-state index in [0.717, 1.165) is 17.5 Å². The van der Waals surface area contributed by atoms with Crippen LogP contribution in [-0.2, 0) is 27.2 Å². The van der Waals surface area contributed by atoms with Crippen molar-refractivity contribution < 1.29 is 14.3 Å². The maximum absolute atomic E-state index is 13.0. The van der Waals surface area contributed by atoms with Gasteiger partial charge in [-0.2, -0.15) is 0 Å². The number of benzene rings is 3. The predicted octanol–water partition coefficient (Wildman–Crippen LogP) is 5.39. The van der Waals surface area contributed by atoms with Crippen molar-refractivity contribution in [2.75, 3.05) is 13.1 Å². The van der Waals surface area contributed by atoms with Crippen LogP contribution in [0.2, 0.25) is 0 Å². The number of ether oxygens (including phenoxy) is 1. The molecular weight excluding hydrogens is 410 g/mol. The second-order valence-electron chi connectivity index (χ2n) is 8.67. The summed E-state index contributed by atoms with van der Waals surface area (Å²) in [6.45, 7) is 1.23. The predicted molar refractivity (Wildman–Crippen MR) is 129 cm³/mol. The van der Waals surface area contributed by atoms with E-state index < -0.39 is 0 Å². The third-order valence-corrected chi connectivity index (χ3v) is 6.35. The van der Waals surface area contributed by atoms with Crippen LogP contribution in [0.4, 0.5) is 0 Å². The molecule has 1 fully saturated rings. The van der Waals surface area contributed by atoms with Crippen molar-refractivity contribution in [1.82, 2.24) is 4.90 Å².